The third kappa shape index (κ3) is 3.40. The minimum Gasteiger partial charge on any atom is -0.466 e. The van der Waals surface area contributed by atoms with Gasteiger partial charge in [-0.3, -0.25) is 9.59 Å². The van der Waals surface area contributed by atoms with E-state index in [0.717, 1.165) is 17.1 Å². The van der Waals surface area contributed by atoms with Gasteiger partial charge in [-0.1, -0.05) is 0 Å². The summed E-state index contributed by atoms with van der Waals surface area (Å²) in [4.78, 5) is 36.2. The maximum atomic E-state index is 12.0. The summed E-state index contributed by atoms with van der Waals surface area (Å²) in [5.74, 6) is 1.07. The molecule has 0 atom stereocenters. The molecular formula is C16H22N6O3. The number of anilines is 1. The lowest BCUT2D eigenvalue weighted by Crippen LogP contribution is -2.49. The number of aryl methyl sites for hydroxylation is 1. The van der Waals surface area contributed by atoms with Crippen LogP contribution in [-0.2, 0) is 20.7 Å². The van der Waals surface area contributed by atoms with Gasteiger partial charge >= 0.3 is 5.97 Å². The summed E-state index contributed by atoms with van der Waals surface area (Å²) in [6, 6.07) is 0. The Morgan fingerprint density at radius 2 is 1.96 bits per heavy atom. The van der Waals surface area contributed by atoms with Gasteiger partial charge in [0, 0.05) is 44.4 Å². The molecule has 3 rings (SSSR count). The molecule has 0 spiro atoms. The van der Waals surface area contributed by atoms with Crippen LogP contribution in [0, 0.1) is 6.92 Å². The molecular weight excluding hydrogens is 324 g/mol. The second kappa shape index (κ2) is 7.04. The predicted octanol–water partition coefficient (Wildman–Crippen LogP) is 0.207. The van der Waals surface area contributed by atoms with Gasteiger partial charge in [0.25, 0.3) is 5.78 Å². The topological polar surface area (TPSA) is 92.9 Å². The largest absolute Gasteiger partial charge is 0.466 e. The van der Waals surface area contributed by atoms with Gasteiger partial charge in [0.15, 0.2) is 0 Å². The van der Waals surface area contributed by atoms with Crippen molar-refractivity contribution in [3.05, 3.63) is 17.6 Å². The summed E-state index contributed by atoms with van der Waals surface area (Å²) < 4.78 is 6.76. The highest BCUT2D eigenvalue weighted by atomic mass is 16.5. The van der Waals surface area contributed by atoms with E-state index in [-0.39, 0.29) is 18.3 Å². The molecule has 1 fully saturated rings. The molecule has 0 unspecified atom stereocenters. The van der Waals surface area contributed by atoms with E-state index in [4.69, 9.17) is 4.74 Å². The Hall–Kier alpha value is -2.71. The number of amides is 1. The maximum absolute atomic E-state index is 12.0. The van der Waals surface area contributed by atoms with E-state index in [1.807, 2.05) is 11.8 Å². The predicted molar refractivity (Wildman–Crippen MR) is 90.3 cm³/mol. The van der Waals surface area contributed by atoms with Crippen LogP contribution in [0.2, 0.25) is 0 Å². The second-order valence-electron chi connectivity index (χ2n) is 5.95. The fourth-order valence-corrected chi connectivity index (χ4v) is 3.09. The lowest BCUT2D eigenvalue weighted by molar-refractivity contribution is -0.142. The number of carbonyl (C=O) groups is 2. The quantitative estimate of drug-likeness (QED) is 0.731. The number of hydrogen-bond acceptors (Lipinski definition) is 7. The summed E-state index contributed by atoms with van der Waals surface area (Å²) >= 11 is 0. The van der Waals surface area contributed by atoms with Crippen molar-refractivity contribution in [2.24, 2.45) is 0 Å². The fraction of sp³-hybridized carbons (Fsp3) is 0.562. The smallest absolute Gasteiger partial charge is 0.310 e. The number of fused-ring (bicyclic) bond motifs is 1. The Kier molecular flexibility index (Phi) is 4.82. The summed E-state index contributed by atoms with van der Waals surface area (Å²) in [5, 5.41) is 4.27. The van der Waals surface area contributed by atoms with Crippen LogP contribution < -0.4 is 4.90 Å². The van der Waals surface area contributed by atoms with Crippen molar-refractivity contribution in [3.63, 3.8) is 0 Å². The normalized spacial score (nSPS) is 14.8. The van der Waals surface area contributed by atoms with Crippen LogP contribution in [-0.4, -0.2) is 69.1 Å². The fourth-order valence-electron chi connectivity index (χ4n) is 3.09. The van der Waals surface area contributed by atoms with E-state index in [9.17, 15) is 9.59 Å². The highest BCUT2D eigenvalue weighted by Gasteiger charge is 2.26. The first-order valence-electron chi connectivity index (χ1n) is 8.36. The van der Waals surface area contributed by atoms with E-state index in [0.29, 0.717) is 38.6 Å². The molecule has 0 N–H and O–H groups in total. The summed E-state index contributed by atoms with van der Waals surface area (Å²) in [7, 11) is 0. The molecule has 1 aliphatic rings. The molecule has 2 aromatic rings. The van der Waals surface area contributed by atoms with Crippen LogP contribution >= 0.6 is 0 Å². The number of ether oxygens (including phenoxy) is 1. The minimum absolute atomic E-state index is 0.0724. The van der Waals surface area contributed by atoms with E-state index >= 15 is 0 Å². The highest BCUT2D eigenvalue weighted by Crippen LogP contribution is 2.25. The van der Waals surface area contributed by atoms with Crippen LogP contribution in [0.15, 0.2) is 6.33 Å². The molecule has 2 aromatic heterocycles. The zero-order valence-corrected chi connectivity index (χ0v) is 14.7. The van der Waals surface area contributed by atoms with Gasteiger partial charge in [0.1, 0.15) is 12.1 Å². The van der Waals surface area contributed by atoms with Gasteiger partial charge in [-0.15, -0.1) is 0 Å². The van der Waals surface area contributed by atoms with Crippen molar-refractivity contribution < 1.29 is 14.3 Å². The number of hydrogen-bond donors (Lipinski definition) is 0. The Bertz CT molecular complexity index is 795. The van der Waals surface area contributed by atoms with Gasteiger partial charge in [0.2, 0.25) is 5.91 Å². The first kappa shape index (κ1) is 17.1. The number of esters is 1. The average molecular weight is 346 g/mol. The Labute approximate surface area is 145 Å². The molecule has 0 bridgehead atoms. The standard InChI is InChI=1S/C16H22N6O3/c1-4-25-14(24)9-13-11(2)19-16-17-10-18-22(16)15(13)21-7-5-20(6-8-21)12(3)23/h10H,4-9H2,1-3H3. The minimum atomic E-state index is -0.296. The molecule has 3 heterocycles. The Morgan fingerprint density at radius 3 is 2.60 bits per heavy atom. The number of carbonyl (C=O) groups excluding carboxylic acids is 2. The van der Waals surface area contributed by atoms with Gasteiger partial charge < -0.3 is 14.5 Å². The molecule has 9 nitrogen and oxygen atoms in total. The van der Waals surface area contributed by atoms with Crippen LogP contribution in [0.1, 0.15) is 25.1 Å². The van der Waals surface area contributed by atoms with E-state index in [2.05, 4.69) is 20.0 Å². The second-order valence-corrected chi connectivity index (χ2v) is 5.95. The van der Waals surface area contributed by atoms with E-state index < -0.39 is 0 Å². The first-order valence-corrected chi connectivity index (χ1v) is 8.36. The molecule has 0 aromatic carbocycles. The van der Waals surface area contributed by atoms with E-state index in [1.54, 1.807) is 18.4 Å². The molecule has 1 amide bonds. The molecule has 134 valence electrons. The highest BCUT2D eigenvalue weighted by molar-refractivity contribution is 5.76. The number of nitrogens with zero attached hydrogens (tertiary/aromatic N) is 6. The number of aromatic nitrogens is 4. The lowest BCUT2D eigenvalue weighted by atomic mass is 10.1. The van der Waals surface area contributed by atoms with Crippen LogP contribution in [0.3, 0.4) is 0 Å². The average Bonchev–Trinajstić information content (AvgIpc) is 3.03. The SMILES string of the molecule is CCOC(=O)Cc1c(C)nc2ncnn2c1N1CCN(C(C)=O)CC1. The van der Waals surface area contributed by atoms with E-state index in [1.165, 1.54) is 6.33 Å². The molecule has 25 heavy (non-hydrogen) atoms. The zero-order chi connectivity index (χ0) is 18.0. The molecule has 9 heteroatoms. The third-order valence-corrected chi connectivity index (χ3v) is 4.36. The van der Waals surface area contributed by atoms with Crippen molar-refractivity contribution in [2.75, 3.05) is 37.7 Å². The van der Waals surface area contributed by atoms with Crippen molar-refractivity contribution in [3.8, 4) is 0 Å². The molecule has 0 radical (unpaired) electrons. The monoisotopic (exact) mass is 346 g/mol. The lowest BCUT2D eigenvalue weighted by Gasteiger charge is -2.36. The number of rotatable bonds is 4. The van der Waals surface area contributed by atoms with Crippen LogP contribution in [0.4, 0.5) is 5.82 Å². The zero-order valence-electron chi connectivity index (χ0n) is 14.7. The summed E-state index contributed by atoms with van der Waals surface area (Å²) in [6.45, 7) is 8.14. The molecule has 1 saturated heterocycles. The molecule has 0 aliphatic carbocycles. The molecule has 1 aliphatic heterocycles. The van der Waals surface area contributed by atoms with Gasteiger partial charge in [0.05, 0.1) is 13.0 Å². The third-order valence-electron chi connectivity index (χ3n) is 4.36. The Balaban J connectivity index is 1.98. The number of piperazine rings is 1. The van der Waals surface area contributed by atoms with Crippen molar-refractivity contribution in [1.29, 1.82) is 0 Å². The van der Waals surface area contributed by atoms with Gasteiger partial charge in [-0.05, 0) is 13.8 Å². The first-order chi connectivity index (χ1) is 12.0. The van der Waals surface area contributed by atoms with Crippen LogP contribution in [0.5, 0.6) is 0 Å². The van der Waals surface area contributed by atoms with Gasteiger partial charge in [-0.25, -0.2) is 4.98 Å². The molecule has 0 saturated carbocycles. The van der Waals surface area contributed by atoms with Crippen molar-refractivity contribution in [1.82, 2.24) is 24.5 Å². The summed E-state index contributed by atoms with van der Waals surface area (Å²) in [6.07, 6.45) is 1.58. The van der Waals surface area contributed by atoms with Crippen molar-refractivity contribution >= 4 is 23.5 Å². The Morgan fingerprint density at radius 1 is 1.24 bits per heavy atom. The maximum Gasteiger partial charge on any atom is 0.310 e. The van der Waals surface area contributed by atoms with Crippen LogP contribution in [0.25, 0.3) is 5.78 Å². The van der Waals surface area contributed by atoms with Gasteiger partial charge in [-0.2, -0.15) is 14.6 Å². The summed E-state index contributed by atoms with van der Waals surface area (Å²) in [5.41, 5.74) is 1.52. The van der Waals surface area contributed by atoms with Crippen molar-refractivity contribution in [2.45, 2.75) is 27.2 Å².